The van der Waals surface area contributed by atoms with Gasteiger partial charge in [-0.25, -0.2) is 0 Å². The van der Waals surface area contributed by atoms with Crippen molar-refractivity contribution in [2.75, 3.05) is 5.73 Å². The van der Waals surface area contributed by atoms with Gasteiger partial charge in [0.1, 0.15) is 5.69 Å². The average molecular weight is 165 g/mol. The number of nitrogens with zero attached hydrogens (tertiary/aromatic N) is 1. The summed E-state index contributed by atoms with van der Waals surface area (Å²) >= 11 is 0. The molecule has 0 bridgehead atoms. The van der Waals surface area contributed by atoms with E-state index in [9.17, 15) is 10.1 Å². The van der Waals surface area contributed by atoms with Gasteiger partial charge in [0.15, 0.2) is 0 Å². The molecule has 0 aliphatic heterocycles. The molecule has 0 unspecified atom stereocenters. The highest BCUT2D eigenvalue weighted by Gasteiger charge is 2.10. The second-order valence-corrected chi connectivity index (χ2v) is 2.40. The quantitative estimate of drug-likeness (QED) is 0.410. The van der Waals surface area contributed by atoms with Gasteiger partial charge in [-0.15, -0.1) is 0 Å². The van der Waals surface area contributed by atoms with E-state index in [2.05, 4.69) is 6.92 Å². The smallest absolute Gasteiger partial charge is 0.292 e. The number of nitro benzene ring substituents is 1. The maximum absolute atomic E-state index is 10.4. The Morgan fingerprint density at radius 1 is 1.58 bits per heavy atom. The van der Waals surface area contributed by atoms with Crippen LogP contribution in [0.4, 0.5) is 11.4 Å². The van der Waals surface area contributed by atoms with Crippen molar-refractivity contribution < 1.29 is 4.92 Å². The molecule has 0 aliphatic carbocycles. The third-order valence-electron chi connectivity index (χ3n) is 1.58. The number of nitrogens with two attached hydrogens (primary N) is 1. The van der Waals surface area contributed by atoms with Gasteiger partial charge in [-0.1, -0.05) is 6.07 Å². The van der Waals surface area contributed by atoms with Crippen LogP contribution in [0.25, 0.3) is 0 Å². The molecule has 0 heterocycles. The highest BCUT2D eigenvalue weighted by Crippen LogP contribution is 2.22. The van der Waals surface area contributed by atoms with Crippen molar-refractivity contribution in [2.24, 2.45) is 0 Å². The van der Waals surface area contributed by atoms with Crippen LogP contribution in [-0.2, 0) is 6.42 Å². The molecule has 63 valence electrons. The third kappa shape index (κ3) is 1.53. The van der Waals surface area contributed by atoms with Crippen LogP contribution in [0.2, 0.25) is 0 Å². The van der Waals surface area contributed by atoms with Crippen molar-refractivity contribution in [1.82, 2.24) is 0 Å². The van der Waals surface area contributed by atoms with Gasteiger partial charge in [0.2, 0.25) is 0 Å². The second-order valence-electron chi connectivity index (χ2n) is 2.40. The summed E-state index contributed by atoms with van der Waals surface area (Å²) in [5.74, 6) is 0. The summed E-state index contributed by atoms with van der Waals surface area (Å²) in [5, 5.41) is 10.4. The molecule has 4 nitrogen and oxygen atoms in total. The van der Waals surface area contributed by atoms with E-state index in [-0.39, 0.29) is 11.4 Å². The first-order valence-electron chi connectivity index (χ1n) is 3.47. The molecule has 0 amide bonds. The number of hydrogen-bond donors (Lipinski definition) is 1. The molecule has 0 aliphatic rings. The Hall–Kier alpha value is -1.58. The first kappa shape index (κ1) is 8.52. The Bertz CT molecular complexity index is 310. The van der Waals surface area contributed by atoms with E-state index in [0.29, 0.717) is 6.42 Å². The Morgan fingerprint density at radius 2 is 2.25 bits per heavy atom. The van der Waals surface area contributed by atoms with Crippen LogP contribution in [0, 0.1) is 17.0 Å². The molecule has 1 radical (unpaired) electrons. The molecule has 1 aromatic carbocycles. The van der Waals surface area contributed by atoms with E-state index in [1.165, 1.54) is 12.1 Å². The highest BCUT2D eigenvalue weighted by atomic mass is 16.6. The van der Waals surface area contributed by atoms with Gasteiger partial charge in [-0.2, -0.15) is 0 Å². The van der Waals surface area contributed by atoms with E-state index < -0.39 is 4.92 Å². The van der Waals surface area contributed by atoms with Crippen LogP contribution in [0.3, 0.4) is 0 Å². The predicted octanol–water partition coefficient (Wildman–Crippen LogP) is 1.55. The van der Waals surface area contributed by atoms with Crippen LogP contribution in [-0.4, -0.2) is 4.92 Å². The molecule has 0 spiro atoms. The van der Waals surface area contributed by atoms with Crippen LogP contribution in [0.1, 0.15) is 5.56 Å². The summed E-state index contributed by atoms with van der Waals surface area (Å²) in [6.45, 7) is 3.62. The largest absolute Gasteiger partial charge is 0.393 e. The maximum Gasteiger partial charge on any atom is 0.292 e. The summed E-state index contributed by atoms with van der Waals surface area (Å²) in [5.41, 5.74) is 6.35. The molecule has 0 fully saturated rings. The number of hydrogen-bond acceptors (Lipinski definition) is 3. The summed E-state index contributed by atoms with van der Waals surface area (Å²) in [4.78, 5) is 9.90. The van der Waals surface area contributed by atoms with Crippen LogP contribution < -0.4 is 5.73 Å². The maximum atomic E-state index is 10.4. The second kappa shape index (κ2) is 3.21. The molecule has 1 rings (SSSR count). The molecule has 2 N–H and O–H groups in total. The summed E-state index contributed by atoms with van der Waals surface area (Å²) in [7, 11) is 0. The number of benzene rings is 1. The molecule has 1 aromatic rings. The number of nitrogen functional groups attached to an aromatic ring is 1. The predicted molar refractivity (Wildman–Crippen MR) is 46.6 cm³/mol. The van der Waals surface area contributed by atoms with E-state index in [1.807, 2.05) is 0 Å². The lowest BCUT2D eigenvalue weighted by atomic mass is 10.1. The average Bonchev–Trinajstić information content (AvgIpc) is 2.05. The molecule has 12 heavy (non-hydrogen) atoms. The number of nitro groups is 1. The summed E-state index contributed by atoms with van der Waals surface area (Å²) in [6, 6.07) is 4.70. The van der Waals surface area contributed by atoms with Gasteiger partial charge < -0.3 is 5.73 Å². The Kier molecular flexibility index (Phi) is 2.28. The SMILES string of the molecule is [CH2]Cc1ccc(N)c([N+](=O)[O-])c1. The number of rotatable bonds is 2. The van der Waals surface area contributed by atoms with Gasteiger partial charge in [0, 0.05) is 6.07 Å². The first-order valence-corrected chi connectivity index (χ1v) is 3.47. The Labute approximate surface area is 70.2 Å². The zero-order valence-corrected chi connectivity index (χ0v) is 6.49. The fourth-order valence-electron chi connectivity index (χ4n) is 0.903. The van der Waals surface area contributed by atoms with Crippen molar-refractivity contribution in [3.8, 4) is 0 Å². The van der Waals surface area contributed by atoms with Crippen molar-refractivity contribution in [1.29, 1.82) is 0 Å². The zero-order chi connectivity index (χ0) is 9.14. The normalized spacial score (nSPS) is 9.75. The minimum Gasteiger partial charge on any atom is -0.393 e. The lowest BCUT2D eigenvalue weighted by molar-refractivity contribution is -0.383. The summed E-state index contributed by atoms with van der Waals surface area (Å²) in [6.07, 6.45) is 0.529. The number of anilines is 1. The third-order valence-corrected chi connectivity index (χ3v) is 1.58. The van der Waals surface area contributed by atoms with Gasteiger partial charge >= 0.3 is 0 Å². The molecule has 0 saturated heterocycles. The van der Waals surface area contributed by atoms with E-state index >= 15 is 0 Å². The minimum atomic E-state index is -0.492. The molecule has 0 atom stereocenters. The van der Waals surface area contributed by atoms with Gasteiger partial charge in [0.25, 0.3) is 5.69 Å². The van der Waals surface area contributed by atoms with Gasteiger partial charge in [-0.05, 0) is 25.0 Å². The fraction of sp³-hybridized carbons (Fsp3) is 0.125. The van der Waals surface area contributed by atoms with Crippen molar-refractivity contribution in [3.63, 3.8) is 0 Å². The van der Waals surface area contributed by atoms with E-state index in [4.69, 9.17) is 5.73 Å². The Morgan fingerprint density at radius 3 is 2.75 bits per heavy atom. The summed E-state index contributed by atoms with van der Waals surface area (Å²) < 4.78 is 0. The first-order chi connectivity index (χ1) is 5.65. The lowest BCUT2D eigenvalue weighted by Crippen LogP contribution is -1.96. The molecular formula is C8H9N2O2. The molecule has 0 aromatic heterocycles. The molecule has 4 heteroatoms. The van der Waals surface area contributed by atoms with Crippen LogP contribution in [0.15, 0.2) is 18.2 Å². The van der Waals surface area contributed by atoms with E-state index in [1.54, 1.807) is 6.07 Å². The van der Waals surface area contributed by atoms with Crippen LogP contribution >= 0.6 is 0 Å². The fourth-order valence-corrected chi connectivity index (χ4v) is 0.903. The Balaban J connectivity index is 3.17. The van der Waals surface area contributed by atoms with Crippen molar-refractivity contribution in [3.05, 3.63) is 40.8 Å². The van der Waals surface area contributed by atoms with E-state index in [0.717, 1.165) is 5.56 Å². The zero-order valence-electron chi connectivity index (χ0n) is 6.49. The van der Waals surface area contributed by atoms with Crippen LogP contribution in [0.5, 0.6) is 0 Å². The van der Waals surface area contributed by atoms with Gasteiger partial charge in [-0.3, -0.25) is 10.1 Å². The topological polar surface area (TPSA) is 69.2 Å². The molecule has 0 saturated carbocycles. The highest BCUT2D eigenvalue weighted by molar-refractivity contribution is 5.59. The van der Waals surface area contributed by atoms with Crippen molar-refractivity contribution in [2.45, 2.75) is 6.42 Å². The minimum absolute atomic E-state index is 0.0452. The monoisotopic (exact) mass is 165 g/mol. The van der Waals surface area contributed by atoms with Gasteiger partial charge in [0.05, 0.1) is 4.92 Å². The lowest BCUT2D eigenvalue weighted by Gasteiger charge is -1.98. The standard InChI is InChI=1S/C8H9N2O2/c1-2-6-3-4-7(9)8(5-6)10(11)12/h3-5H,1-2,9H2. The van der Waals surface area contributed by atoms with Crippen molar-refractivity contribution >= 4 is 11.4 Å². The molecular weight excluding hydrogens is 156 g/mol.